The molecule has 0 radical (unpaired) electrons. The first kappa shape index (κ1) is 20.1. The van der Waals surface area contributed by atoms with E-state index in [9.17, 15) is 9.59 Å². The summed E-state index contributed by atoms with van der Waals surface area (Å²) in [6.45, 7) is 5.77. The number of anilines is 2. The van der Waals surface area contributed by atoms with E-state index in [1.165, 1.54) is 4.88 Å². The van der Waals surface area contributed by atoms with Gasteiger partial charge in [0, 0.05) is 55.7 Å². The van der Waals surface area contributed by atoms with E-state index in [1.807, 2.05) is 23.1 Å². The van der Waals surface area contributed by atoms with Crippen molar-refractivity contribution in [1.82, 2.24) is 9.88 Å². The van der Waals surface area contributed by atoms with E-state index in [-0.39, 0.29) is 17.7 Å². The fourth-order valence-electron chi connectivity index (χ4n) is 4.30. The monoisotopic (exact) mass is 442 g/mol. The molecule has 1 aromatic carbocycles. The SMILES string of the molecule is CC(=O)N1CCN(c2nc3c(s2)C[C@@H](C(=O)Nc2ccc4c(c2)OCCO4)CC3)CC1. The number of carbonyl (C=O) groups excluding carboxylic acids is 2. The highest BCUT2D eigenvalue weighted by Crippen LogP contribution is 2.36. The lowest BCUT2D eigenvalue weighted by Gasteiger charge is -2.33. The normalized spacial score (nSPS) is 20.2. The Balaban J connectivity index is 1.22. The number of carbonyl (C=O) groups is 2. The number of hydrogen-bond acceptors (Lipinski definition) is 7. The van der Waals surface area contributed by atoms with Crippen molar-refractivity contribution < 1.29 is 19.1 Å². The molecule has 1 aliphatic carbocycles. The van der Waals surface area contributed by atoms with Crippen LogP contribution in [-0.2, 0) is 22.4 Å². The van der Waals surface area contributed by atoms with Crippen molar-refractivity contribution in [3.63, 3.8) is 0 Å². The maximum atomic E-state index is 12.9. The van der Waals surface area contributed by atoms with Gasteiger partial charge in [-0.3, -0.25) is 9.59 Å². The number of fused-ring (bicyclic) bond motifs is 2. The number of aryl methyl sites for hydroxylation is 1. The van der Waals surface area contributed by atoms with Crippen LogP contribution in [0.1, 0.15) is 23.9 Å². The van der Waals surface area contributed by atoms with Gasteiger partial charge in [-0.05, 0) is 31.4 Å². The van der Waals surface area contributed by atoms with E-state index in [1.54, 1.807) is 18.3 Å². The zero-order valence-corrected chi connectivity index (χ0v) is 18.4. The number of nitrogens with zero attached hydrogens (tertiary/aromatic N) is 3. The molecule has 1 fully saturated rings. The quantitative estimate of drug-likeness (QED) is 0.786. The van der Waals surface area contributed by atoms with Crippen molar-refractivity contribution in [2.24, 2.45) is 5.92 Å². The van der Waals surface area contributed by atoms with E-state index in [0.29, 0.717) is 24.7 Å². The maximum Gasteiger partial charge on any atom is 0.227 e. The van der Waals surface area contributed by atoms with Gasteiger partial charge in [-0.15, -0.1) is 11.3 Å². The van der Waals surface area contributed by atoms with Gasteiger partial charge >= 0.3 is 0 Å². The number of ether oxygens (including phenoxy) is 2. The number of amides is 2. The van der Waals surface area contributed by atoms with Gasteiger partial charge in [0.15, 0.2) is 16.6 Å². The van der Waals surface area contributed by atoms with Crippen LogP contribution in [0.4, 0.5) is 10.8 Å². The molecule has 1 atom stereocenters. The summed E-state index contributed by atoms with van der Waals surface area (Å²) in [6, 6.07) is 5.52. The molecule has 0 bridgehead atoms. The molecule has 1 N–H and O–H groups in total. The minimum atomic E-state index is -0.0661. The largest absolute Gasteiger partial charge is 0.486 e. The number of nitrogens with one attached hydrogen (secondary N) is 1. The molecular formula is C22H26N4O4S. The van der Waals surface area contributed by atoms with E-state index in [4.69, 9.17) is 14.5 Å². The average molecular weight is 443 g/mol. The zero-order chi connectivity index (χ0) is 21.4. The molecule has 2 aliphatic heterocycles. The maximum absolute atomic E-state index is 12.9. The van der Waals surface area contributed by atoms with Crippen LogP contribution in [0.3, 0.4) is 0 Å². The van der Waals surface area contributed by atoms with Crippen LogP contribution in [0, 0.1) is 5.92 Å². The van der Waals surface area contributed by atoms with Crippen LogP contribution in [0.25, 0.3) is 0 Å². The molecule has 3 heterocycles. The van der Waals surface area contributed by atoms with Gasteiger partial charge in [0.2, 0.25) is 11.8 Å². The van der Waals surface area contributed by atoms with Gasteiger partial charge in [-0.1, -0.05) is 0 Å². The molecule has 2 aromatic rings. The summed E-state index contributed by atoms with van der Waals surface area (Å²) < 4.78 is 11.2. The molecule has 31 heavy (non-hydrogen) atoms. The highest BCUT2D eigenvalue weighted by Gasteiger charge is 2.30. The molecule has 8 nitrogen and oxygen atoms in total. The topological polar surface area (TPSA) is 84.0 Å². The first-order valence-electron chi connectivity index (χ1n) is 10.8. The minimum absolute atomic E-state index is 0.0346. The second-order valence-electron chi connectivity index (χ2n) is 8.15. The summed E-state index contributed by atoms with van der Waals surface area (Å²) in [5.74, 6) is 1.49. The Morgan fingerprint density at radius 2 is 1.90 bits per heavy atom. The van der Waals surface area contributed by atoms with Gasteiger partial charge < -0.3 is 24.6 Å². The summed E-state index contributed by atoms with van der Waals surface area (Å²) in [5, 5.41) is 4.05. The lowest BCUT2D eigenvalue weighted by atomic mass is 9.90. The Hall–Kier alpha value is -2.81. The fraction of sp³-hybridized carbons (Fsp3) is 0.500. The number of benzene rings is 1. The zero-order valence-electron chi connectivity index (χ0n) is 17.6. The van der Waals surface area contributed by atoms with Crippen molar-refractivity contribution in [3.8, 4) is 11.5 Å². The Kier molecular flexibility index (Phi) is 5.43. The predicted octanol–water partition coefficient (Wildman–Crippen LogP) is 2.33. The van der Waals surface area contributed by atoms with E-state index < -0.39 is 0 Å². The van der Waals surface area contributed by atoms with Gasteiger partial charge in [0.1, 0.15) is 13.2 Å². The van der Waals surface area contributed by atoms with Crippen LogP contribution in [0.5, 0.6) is 11.5 Å². The van der Waals surface area contributed by atoms with Gasteiger partial charge in [0.05, 0.1) is 5.69 Å². The van der Waals surface area contributed by atoms with Crippen LogP contribution in [-0.4, -0.2) is 61.1 Å². The lowest BCUT2D eigenvalue weighted by Crippen LogP contribution is -2.48. The number of thiazole rings is 1. The molecule has 1 aromatic heterocycles. The Morgan fingerprint density at radius 1 is 1.13 bits per heavy atom. The fourth-order valence-corrected chi connectivity index (χ4v) is 5.54. The van der Waals surface area contributed by atoms with E-state index in [0.717, 1.165) is 62.0 Å². The number of hydrogen-bond donors (Lipinski definition) is 1. The van der Waals surface area contributed by atoms with Crippen molar-refractivity contribution in [3.05, 3.63) is 28.8 Å². The van der Waals surface area contributed by atoms with E-state index >= 15 is 0 Å². The van der Waals surface area contributed by atoms with Crippen molar-refractivity contribution in [2.75, 3.05) is 49.6 Å². The Labute approximate surface area is 185 Å². The predicted molar refractivity (Wildman–Crippen MR) is 118 cm³/mol. The third-order valence-electron chi connectivity index (χ3n) is 6.10. The number of aromatic nitrogens is 1. The second kappa shape index (κ2) is 8.37. The highest BCUT2D eigenvalue weighted by molar-refractivity contribution is 7.15. The van der Waals surface area contributed by atoms with Crippen molar-refractivity contribution in [1.29, 1.82) is 0 Å². The van der Waals surface area contributed by atoms with E-state index in [2.05, 4.69) is 10.2 Å². The molecule has 3 aliphatic rings. The third kappa shape index (κ3) is 4.19. The summed E-state index contributed by atoms with van der Waals surface area (Å²) >= 11 is 1.69. The Morgan fingerprint density at radius 3 is 2.68 bits per heavy atom. The second-order valence-corrected chi connectivity index (χ2v) is 9.21. The molecular weight excluding hydrogens is 416 g/mol. The molecule has 0 saturated carbocycles. The summed E-state index contributed by atoms with van der Waals surface area (Å²) in [7, 11) is 0. The molecule has 1 saturated heterocycles. The van der Waals surface area contributed by atoms with Crippen LogP contribution < -0.4 is 19.7 Å². The summed E-state index contributed by atoms with van der Waals surface area (Å²) in [4.78, 5) is 34.6. The number of piperazine rings is 1. The molecule has 2 amide bonds. The first-order chi connectivity index (χ1) is 15.1. The molecule has 0 unspecified atom stereocenters. The standard InChI is InChI=1S/C22H26N4O4S/c1-14(27)25-6-8-26(9-7-25)22-24-17-4-2-15(12-20(17)31-22)21(28)23-16-3-5-18-19(13-16)30-11-10-29-18/h3,5,13,15H,2,4,6-12H2,1H3,(H,23,28)/t15-/m0/s1. The molecule has 0 spiro atoms. The van der Waals surface area contributed by atoms with Crippen molar-refractivity contribution >= 4 is 34.0 Å². The summed E-state index contributed by atoms with van der Waals surface area (Å²) in [6.07, 6.45) is 2.33. The van der Waals surface area contributed by atoms with Crippen LogP contribution >= 0.6 is 11.3 Å². The highest BCUT2D eigenvalue weighted by atomic mass is 32.1. The molecule has 5 rings (SSSR count). The molecule has 9 heteroatoms. The first-order valence-corrected chi connectivity index (χ1v) is 11.6. The average Bonchev–Trinajstić information content (AvgIpc) is 3.22. The smallest absolute Gasteiger partial charge is 0.227 e. The van der Waals surface area contributed by atoms with Gasteiger partial charge in [0.25, 0.3) is 0 Å². The van der Waals surface area contributed by atoms with Crippen LogP contribution in [0.15, 0.2) is 18.2 Å². The third-order valence-corrected chi connectivity index (χ3v) is 7.29. The van der Waals surface area contributed by atoms with Gasteiger partial charge in [-0.25, -0.2) is 4.98 Å². The Bertz CT molecular complexity index is 999. The minimum Gasteiger partial charge on any atom is -0.486 e. The van der Waals surface area contributed by atoms with Crippen LogP contribution in [0.2, 0.25) is 0 Å². The number of rotatable bonds is 3. The van der Waals surface area contributed by atoms with Crippen molar-refractivity contribution in [2.45, 2.75) is 26.2 Å². The molecule has 164 valence electrons. The van der Waals surface area contributed by atoms with Gasteiger partial charge in [-0.2, -0.15) is 0 Å². The lowest BCUT2D eigenvalue weighted by molar-refractivity contribution is -0.129. The summed E-state index contributed by atoms with van der Waals surface area (Å²) in [5.41, 5.74) is 1.85.